The number of pyridine rings is 2. The maximum atomic E-state index is 15.0. The van der Waals surface area contributed by atoms with Crippen molar-refractivity contribution >= 4 is 40.5 Å². The molecule has 0 radical (unpaired) electrons. The zero-order chi connectivity index (χ0) is 30.7. The van der Waals surface area contributed by atoms with Crippen LogP contribution >= 0.6 is 0 Å². The van der Waals surface area contributed by atoms with Crippen molar-refractivity contribution < 1.29 is 18.8 Å². The van der Waals surface area contributed by atoms with Crippen molar-refractivity contribution in [2.75, 3.05) is 17.3 Å². The van der Waals surface area contributed by atoms with Crippen LogP contribution in [-0.2, 0) is 11.3 Å². The number of carbonyl (C=O) groups excluding carboxylic acids is 1. The van der Waals surface area contributed by atoms with E-state index in [1.54, 1.807) is 37.5 Å². The third kappa shape index (κ3) is 6.46. The number of nitrogens with one attached hydrogen (secondary N) is 2. The van der Waals surface area contributed by atoms with E-state index in [1.165, 1.54) is 23.7 Å². The molecule has 5 aromatic rings. The second-order valence-corrected chi connectivity index (χ2v) is 10.1. The van der Waals surface area contributed by atoms with Gasteiger partial charge < -0.3 is 14.8 Å². The van der Waals surface area contributed by atoms with Crippen molar-refractivity contribution in [2.24, 2.45) is 0 Å². The van der Waals surface area contributed by atoms with Gasteiger partial charge in [-0.25, -0.2) is 34.2 Å². The van der Waals surface area contributed by atoms with Gasteiger partial charge in [0.05, 0.1) is 29.3 Å². The Labute approximate surface area is 245 Å². The van der Waals surface area contributed by atoms with Gasteiger partial charge in [-0.15, -0.1) is 0 Å². The lowest BCUT2D eigenvalue weighted by atomic mass is 10.1. The number of carbonyl (C=O) groups is 1. The average Bonchev–Trinajstić information content (AvgIpc) is 3.34. The van der Waals surface area contributed by atoms with Gasteiger partial charge in [-0.2, -0.15) is 0 Å². The van der Waals surface area contributed by atoms with Crippen LogP contribution in [0.1, 0.15) is 37.0 Å². The second kappa shape index (κ2) is 12.3. The summed E-state index contributed by atoms with van der Waals surface area (Å²) in [6, 6.07) is 10.2. The van der Waals surface area contributed by atoms with Crippen LogP contribution in [0.25, 0.3) is 28.4 Å². The molecule has 0 unspecified atom stereocenters. The monoisotopic (exact) mass is 585 g/mol. The summed E-state index contributed by atoms with van der Waals surface area (Å²) in [6.45, 7) is 6.30. The normalized spacial score (nSPS) is 11.4. The molecule has 1 amide bonds. The van der Waals surface area contributed by atoms with Gasteiger partial charge in [0.25, 0.3) is 5.91 Å². The quantitative estimate of drug-likeness (QED) is 0.119. The van der Waals surface area contributed by atoms with Gasteiger partial charge in [0.1, 0.15) is 22.9 Å². The van der Waals surface area contributed by atoms with E-state index in [2.05, 4.69) is 30.2 Å². The van der Waals surface area contributed by atoms with Crippen LogP contribution in [0, 0.1) is 18.6 Å². The molecule has 220 valence electrons. The Balaban J connectivity index is 1.30. The summed E-state index contributed by atoms with van der Waals surface area (Å²) in [7, 11) is 1.90. The van der Waals surface area contributed by atoms with Crippen LogP contribution in [0.4, 0.5) is 26.2 Å². The molecule has 0 fully saturated rings. The Morgan fingerprint density at radius 2 is 1.86 bits per heavy atom. The highest BCUT2D eigenvalue weighted by Crippen LogP contribution is 2.30. The molecule has 43 heavy (non-hydrogen) atoms. The number of aryl methyl sites for hydroxylation is 1. The van der Waals surface area contributed by atoms with Crippen molar-refractivity contribution in [1.29, 1.82) is 0 Å². The Bertz CT molecular complexity index is 1800. The lowest BCUT2D eigenvalue weighted by Gasteiger charge is -2.19. The fourth-order valence-electron chi connectivity index (χ4n) is 4.68. The molecule has 0 spiro atoms. The van der Waals surface area contributed by atoms with E-state index < -0.39 is 17.5 Å². The number of amides is 1. The second-order valence-electron chi connectivity index (χ2n) is 10.1. The lowest BCUT2D eigenvalue weighted by Crippen LogP contribution is -2.16. The SMILES string of the molecule is Cc1nc2c(F)cc(-c3nc(Nc4ccc(N(C)Cc5ccc(/C=C/C(=O)NO)nc5)cn4)ncc3F)cc2n1C(C)C. The number of fused-ring (bicyclic) bond motifs is 1. The molecule has 0 aliphatic heterocycles. The topological polar surface area (TPSA) is 134 Å². The molecular formula is C30H29F2N9O2. The summed E-state index contributed by atoms with van der Waals surface area (Å²) in [6.07, 6.45) is 7.07. The molecule has 13 heteroatoms. The van der Waals surface area contributed by atoms with E-state index >= 15 is 0 Å². The number of hydroxylamine groups is 1. The maximum Gasteiger partial charge on any atom is 0.267 e. The smallest absolute Gasteiger partial charge is 0.267 e. The first-order valence-electron chi connectivity index (χ1n) is 13.3. The highest BCUT2D eigenvalue weighted by atomic mass is 19.1. The van der Waals surface area contributed by atoms with E-state index in [4.69, 9.17) is 5.21 Å². The number of imidazole rings is 1. The summed E-state index contributed by atoms with van der Waals surface area (Å²) in [4.78, 5) is 34.5. The molecule has 0 saturated carbocycles. The Kier molecular flexibility index (Phi) is 8.34. The number of aromatic nitrogens is 6. The highest BCUT2D eigenvalue weighted by Gasteiger charge is 2.18. The van der Waals surface area contributed by atoms with Crippen LogP contribution in [0.3, 0.4) is 0 Å². The van der Waals surface area contributed by atoms with Crippen molar-refractivity contribution in [1.82, 2.24) is 35.0 Å². The van der Waals surface area contributed by atoms with Gasteiger partial charge in [0.15, 0.2) is 11.6 Å². The summed E-state index contributed by atoms with van der Waals surface area (Å²) < 4.78 is 31.8. The predicted octanol–water partition coefficient (Wildman–Crippen LogP) is 5.35. The van der Waals surface area contributed by atoms with E-state index in [0.29, 0.717) is 29.4 Å². The predicted molar refractivity (Wildman–Crippen MR) is 159 cm³/mol. The minimum Gasteiger partial charge on any atom is -0.369 e. The Morgan fingerprint density at radius 3 is 2.53 bits per heavy atom. The Hall–Kier alpha value is -5.30. The molecule has 4 heterocycles. The number of halogens is 2. The van der Waals surface area contributed by atoms with Crippen molar-refractivity contribution in [3.8, 4) is 11.3 Å². The number of rotatable bonds is 9. The van der Waals surface area contributed by atoms with Crippen LogP contribution in [-0.4, -0.2) is 47.6 Å². The van der Waals surface area contributed by atoms with Gasteiger partial charge in [-0.1, -0.05) is 6.07 Å². The van der Waals surface area contributed by atoms with Crippen LogP contribution in [0.15, 0.2) is 61.1 Å². The molecule has 0 atom stereocenters. The van der Waals surface area contributed by atoms with Crippen LogP contribution in [0.2, 0.25) is 0 Å². The van der Waals surface area contributed by atoms with E-state index in [1.807, 2.05) is 42.5 Å². The lowest BCUT2D eigenvalue weighted by molar-refractivity contribution is -0.124. The minimum atomic E-state index is -0.684. The molecule has 0 saturated heterocycles. The van der Waals surface area contributed by atoms with Crippen molar-refractivity contribution in [3.63, 3.8) is 0 Å². The number of hydrogen-bond acceptors (Lipinski definition) is 9. The summed E-state index contributed by atoms with van der Waals surface area (Å²) in [5, 5.41) is 11.5. The fourth-order valence-corrected chi connectivity index (χ4v) is 4.68. The first kappa shape index (κ1) is 29.2. The summed E-state index contributed by atoms with van der Waals surface area (Å²) in [5.41, 5.74) is 4.87. The summed E-state index contributed by atoms with van der Waals surface area (Å²) in [5.74, 6) is -0.665. The number of nitrogens with zero attached hydrogens (tertiary/aromatic N) is 7. The zero-order valence-corrected chi connectivity index (χ0v) is 23.9. The van der Waals surface area contributed by atoms with Gasteiger partial charge in [-0.05, 0) is 62.7 Å². The van der Waals surface area contributed by atoms with E-state index in [-0.39, 0.29) is 28.8 Å². The summed E-state index contributed by atoms with van der Waals surface area (Å²) >= 11 is 0. The van der Waals surface area contributed by atoms with Crippen LogP contribution in [0.5, 0.6) is 0 Å². The first-order chi connectivity index (χ1) is 20.6. The highest BCUT2D eigenvalue weighted by molar-refractivity contribution is 5.90. The third-order valence-corrected chi connectivity index (χ3v) is 6.67. The molecule has 3 N–H and O–H groups in total. The average molecular weight is 586 g/mol. The van der Waals surface area contributed by atoms with Crippen molar-refractivity contribution in [3.05, 3.63) is 89.8 Å². The number of benzene rings is 1. The number of anilines is 3. The van der Waals surface area contributed by atoms with E-state index in [9.17, 15) is 13.6 Å². The maximum absolute atomic E-state index is 15.0. The molecule has 5 rings (SSSR count). The zero-order valence-electron chi connectivity index (χ0n) is 23.9. The molecule has 1 aromatic carbocycles. The van der Waals surface area contributed by atoms with E-state index in [0.717, 1.165) is 17.4 Å². The fraction of sp³-hybridized carbons (Fsp3) is 0.200. The molecule has 11 nitrogen and oxygen atoms in total. The standard InChI is InChI=1S/C30H29F2N9O2/c1-17(2)41-18(3)36-29-23(31)11-20(12-25(29)41)28-24(32)15-35-30(38-28)37-26-9-8-22(14-34-26)40(4)16-19-5-6-21(33-13-19)7-10-27(42)39-43/h5-15,17,43H,16H2,1-4H3,(H,39,42)(H,34,35,37,38)/b10-7+. The number of hydrogen-bond donors (Lipinski definition) is 3. The molecule has 0 aliphatic carbocycles. The van der Waals surface area contributed by atoms with Gasteiger partial charge in [0, 0.05) is 37.5 Å². The molecule has 4 aromatic heterocycles. The molecule has 0 bridgehead atoms. The van der Waals surface area contributed by atoms with Gasteiger partial charge in [0.2, 0.25) is 5.95 Å². The Morgan fingerprint density at radius 1 is 1.05 bits per heavy atom. The minimum absolute atomic E-state index is 0.0358. The van der Waals surface area contributed by atoms with Crippen LogP contribution < -0.4 is 15.7 Å². The largest absolute Gasteiger partial charge is 0.369 e. The van der Waals surface area contributed by atoms with Gasteiger partial charge >= 0.3 is 0 Å². The molecular weight excluding hydrogens is 556 g/mol. The van der Waals surface area contributed by atoms with Gasteiger partial charge in [-0.3, -0.25) is 15.0 Å². The molecule has 0 aliphatic rings. The third-order valence-electron chi connectivity index (χ3n) is 6.67. The first-order valence-corrected chi connectivity index (χ1v) is 13.3. The van der Waals surface area contributed by atoms with Crippen molar-refractivity contribution in [2.45, 2.75) is 33.4 Å².